The van der Waals surface area contributed by atoms with Gasteiger partial charge in [-0.25, -0.2) is 13.1 Å². The molecule has 1 aliphatic carbocycles. The lowest BCUT2D eigenvalue weighted by atomic mass is 9.76. The van der Waals surface area contributed by atoms with Crippen molar-refractivity contribution in [3.63, 3.8) is 0 Å². The Kier molecular flexibility index (Phi) is 13.7. The molecule has 0 bridgehead atoms. The summed E-state index contributed by atoms with van der Waals surface area (Å²) in [5.74, 6) is -0.884. The number of carbonyl (C=O) groups is 4. The summed E-state index contributed by atoms with van der Waals surface area (Å²) in [6.45, 7) is 9.32. The number of guanidine groups is 1. The van der Waals surface area contributed by atoms with Crippen molar-refractivity contribution >= 4 is 39.7 Å². The molecule has 14 heteroatoms. The minimum Gasteiger partial charge on any atom is -0.462 e. The number of amides is 3. The number of rotatable bonds is 13. The highest BCUT2D eigenvalue weighted by Crippen LogP contribution is 2.38. The molecule has 13 nitrogen and oxygen atoms in total. The molecule has 3 fully saturated rings. The number of carbonyl (C=O) groups excluding carboxylic acids is 4. The van der Waals surface area contributed by atoms with Gasteiger partial charge < -0.3 is 25.6 Å². The Morgan fingerprint density at radius 3 is 2.29 bits per heavy atom. The fourth-order valence-corrected chi connectivity index (χ4v) is 8.26. The molecular weight excluding hydrogens is 673 g/mol. The Bertz CT molecular complexity index is 1520. The molecule has 3 amide bonds. The molecule has 1 aromatic carbocycles. The molecule has 3 atom stereocenters. The van der Waals surface area contributed by atoms with Crippen LogP contribution in [0.1, 0.15) is 97.5 Å². The predicted octanol–water partition coefficient (Wildman–Crippen LogP) is 3.13. The molecular formula is C37H58N6O7S. The standard InChI is InChI=1S/C37H58N6O7S/c1-26(50-34(47)37(4)18-10-7-11-19-37)24-36(2,3)33(46)40-35(38)42-21-16-28(17-22-42)25-39-31(44)30-15-12-20-43(30)32(45)29(41-51(5,48)49)23-27-13-8-6-9-14-27/h6,8-9,13-14,26,28-30,41H,7,10-12,15-25H2,1-5H3,(H,39,44)(H2,38,40,46)/t26?,29-,30+/m1/s1. The van der Waals surface area contributed by atoms with Gasteiger partial charge in [0.25, 0.3) is 5.91 Å². The lowest BCUT2D eigenvalue weighted by Crippen LogP contribution is -2.54. The van der Waals surface area contributed by atoms with Crippen LogP contribution >= 0.6 is 0 Å². The second kappa shape index (κ2) is 17.3. The van der Waals surface area contributed by atoms with Crippen molar-refractivity contribution in [1.82, 2.24) is 19.8 Å². The normalized spacial score (nSPS) is 21.5. The SMILES string of the molecule is CC(CC(C)(C)C(=O)/N=C(/N)N1CCC(CNC(=O)[C@@H]2CCCN2C(=O)[C@@H](Cc2ccccc2)NS(C)(=O)=O)CC1)OC(=O)C1(C)CCCCC1. The maximum Gasteiger partial charge on any atom is 0.312 e. The zero-order chi connectivity index (χ0) is 37.4. The van der Waals surface area contributed by atoms with Gasteiger partial charge in [-0.15, -0.1) is 0 Å². The molecule has 1 aromatic rings. The number of esters is 1. The van der Waals surface area contributed by atoms with Crippen molar-refractivity contribution in [3.05, 3.63) is 35.9 Å². The van der Waals surface area contributed by atoms with E-state index in [0.29, 0.717) is 45.4 Å². The van der Waals surface area contributed by atoms with Crippen molar-refractivity contribution in [1.29, 1.82) is 0 Å². The number of hydrogen-bond donors (Lipinski definition) is 3. The minimum absolute atomic E-state index is 0.155. The summed E-state index contributed by atoms with van der Waals surface area (Å²) < 4.78 is 32.5. The van der Waals surface area contributed by atoms with Crippen LogP contribution in [0.5, 0.6) is 0 Å². The molecule has 0 aromatic heterocycles. The van der Waals surface area contributed by atoms with Crippen LogP contribution in [-0.4, -0.2) is 98.5 Å². The molecule has 0 spiro atoms. The lowest BCUT2D eigenvalue weighted by molar-refractivity contribution is -0.163. The summed E-state index contributed by atoms with van der Waals surface area (Å²) >= 11 is 0. The summed E-state index contributed by atoms with van der Waals surface area (Å²) in [4.78, 5) is 60.6. The first-order valence-electron chi connectivity index (χ1n) is 18.4. The van der Waals surface area contributed by atoms with Gasteiger partial charge in [0, 0.05) is 31.6 Å². The number of hydrogen-bond acceptors (Lipinski definition) is 7. The van der Waals surface area contributed by atoms with E-state index in [4.69, 9.17) is 10.5 Å². The van der Waals surface area contributed by atoms with Crippen LogP contribution in [0.4, 0.5) is 0 Å². The van der Waals surface area contributed by atoms with Crippen LogP contribution in [0.2, 0.25) is 0 Å². The van der Waals surface area contributed by atoms with Gasteiger partial charge in [-0.3, -0.25) is 19.2 Å². The molecule has 1 saturated carbocycles. The van der Waals surface area contributed by atoms with Gasteiger partial charge in [0.2, 0.25) is 21.8 Å². The highest BCUT2D eigenvalue weighted by molar-refractivity contribution is 7.88. The van der Waals surface area contributed by atoms with Gasteiger partial charge in [0.1, 0.15) is 18.2 Å². The summed E-state index contributed by atoms with van der Waals surface area (Å²) in [5.41, 5.74) is 5.78. The van der Waals surface area contributed by atoms with E-state index in [0.717, 1.165) is 56.8 Å². The highest BCUT2D eigenvalue weighted by atomic mass is 32.2. The van der Waals surface area contributed by atoms with Crippen molar-refractivity contribution < 1.29 is 32.3 Å². The summed E-state index contributed by atoms with van der Waals surface area (Å²) in [5, 5.41) is 3.03. The van der Waals surface area contributed by atoms with E-state index in [2.05, 4.69) is 15.0 Å². The number of likely N-dealkylation sites (tertiary alicyclic amines) is 2. The Hall–Kier alpha value is -3.52. The van der Waals surface area contributed by atoms with E-state index >= 15 is 0 Å². The van der Waals surface area contributed by atoms with Gasteiger partial charge in [-0.05, 0) is 76.7 Å². The Labute approximate surface area is 303 Å². The van der Waals surface area contributed by atoms with E-state index < -0.39 is 44.9 Å². The van der Waals surface area contributed by atoms with Crippen molar-refractivity contribution in [2.24, 2.45) is 27.5 Å². The smallest absolute Gasteiger partial charge is 0.312 e. The Balaban J connectivity index is 1.24. The molecule has 284 valence electrons. The van der Waals surface area contributed by atoms with Crippen molar-refractivity contribution in [2.75, 3.05) is 32.4 Å². The first-order valence-corrected chi connectivity index (χ1v) is 20.3. The van der Waals surface area contributed by atoms with Gasteiger partial charge in [0.05, 0.1) is 11.7 Å². The Morgan fingerprint density at radius 1 is 1.02 bits per heavy atom. The average molecular weight is 731 g/mol. The molecule has 0 radical (unpaired) electrons. The van der Waals surface area contributed by atoms with Crippen LogP contribution in [0.15, 0.2) is 35.3 Å². The largest absolute Gasteiger partial charge is 0.462 e. The second-order valence-electron chi connectivity index (χ2n) is 15.7. The first kappa shape index (κ1) is 40.3. The zero-order valence-corrected chi connectivity index (χ0v) is 31.8. The second-order valence-corrected chi connectivity index (χ2v) is 17.5. The third-order valence-electron chi connectivity index (χ3n) is 10.6. The van der Waals surface area contributed by atoms with Gasteiger partial charge >= 0.3 is 5.97 Å². The van der Waals surface area contributed by atoms with Gasteiger partial charge in [-0.2, -0.15) is 4.99 Å². The van der Waals surface area contributed by atoms with E-state index in [1.54, 1.807) is 13.8 Å². The van der Waals surface area contributed by atoms with Crippen molar-refractivity contribution in [3.8, 4) is 0 Å². The Morgan fingerprint density at radius 2 is 1.67 bits per heavy atom. The number of aliphatic imine (C=N–C) groups is 1. The number of nitrogens with zero attached hydrogens (tertiary/aromatic N) is 3. The van der Waals surface area contributed by atoms with E-state index in [1.165, 1.54) is 4.90 Å². The molecule has 2 aliphatic heterocycles. The topological polar surface area (TPSA) is 181 Å². The summed E-state index contributed by atoms with van der Waals surface area (Å²) in [7, 11) is -3.67. The number of nitrogens with one attached hydrogen (secondary N) is 2. The molecule has 1 unspecified atom stereocenters. The minimum atomic E-state index is -3.67. The van der Waals surface area contributed by atoms with Crippen LogP contribution in [0.25, 0.3) is 0 Å². The van der Waals surface area contributed by atoms with E-state index in [-0.39, 0.29) is 36.1 Å². The number of piperidine rings is 1. The fraction of sp³-hybridized carbons (Fsp3) is 0.703. The summed E-state index contributed by atoms with van der Waals surface area (Å²) in [6, 6.07) is 7.50. The van der Waals surface area contributed by atoms with Gasteiger partial charge in [-0.1, -0.05) is 63.4 Å². The maximum absolute atomic E-state index is 13.6. The third kappa shape index (κ3) is 11.5. The van der Waals surface area contributed by atoms with Crippen LogP contribution in [-0.2, 0) is 40.4 Å². The number of ether oxygens (including phenoxy) is 1. The first-order chi connectivity index (χ1) is 24.0. The van der Waals surface area contributed by atoms with Crippen LogP contribution in [0, 0.1) is 16.7 Å². The molecule has 51 heavy (non-hydrogen) atoms. The zero-order valence-electron chi connectivity index (χ0n) is 31.0. The molecule has 2 heterocycles. The fourth-order valence-electron chi connectivity index (χ4n) is 7.55. The monoisotopic (exact) mass is 730 g/mol. The highest BCUT2D eigenvalue weighted by Gasteiger charge is 2.40. The molecule has 4 N–H and O–H groups in total. The maximum atomic E-state index is 13.6. The molecule has 3 aliphatic rings. The molecule has 2 saturated heterocycles. The number of benzene rings is 1. The quantitative estimate of drug-likeness (QED) is 0.156. The van der Waals surface area contributed by atoms with E-state index in [1.807, 2.05) is 49.1 Å². The van der Waals surface area contributed by atoms with Crippen LogP contribution < -0.4 is 15.8 Å². The third-order valence-corrected chi connectivity index (χ3v) is 11.3. The van der Waals surface area contributed by atoms with E-state index in [9.17, 15) is 27.6 Å². The average Bonchev–Trinajstić information content (AvgIpc) is 3.57. The number of sulfonamides is 1. The van der Waals surface area contributed by atoms with Crippen LogP contribution in [0.3, 0.4) is 0 Å². The summed E-state index contributed by atoms with van der Waals surface area (Å²) in [6.07, 6.45) is 8.55. The van der Waals surface area contributed by atoms with Gasteiger partial charge in [0.15, 0.2) is 5.96 Å². The number of nitrogens with two attached hydrogens (primary N) is 1. The molecule has 4 rings (SSSR count). The van der Waals surface area contributed by atoms with Crippen molar-refractivity contribution in [2.45, 2.75) is 117 Å². The predicted molar refractivity (Wildman–Crippen MR) is 196 cm³/mol. The lowest BCUT2D eigenvalue weighted by Gasteiger charge is -2.34.